The molecule has 0 saturated carbocycles. The minimum Gasteiger partial charge on any atom is -0.445 e. The average molecular weight is 616 g/mol. The van der Waals surface area contributed by atoms with Crippen molar-refractivity contribution in [1.29, 1.82) is 0 Å². The van der Waals surface area contributed by atoms with Gasteiger partial charge in [-0.25, -0.2) is 17.5 Å². The molecule has 220 valence electrons. The topological polar surface area (TPSA) is 70.2 Å². The molecular weight excluding hydrogens is 578 g/mol. The zero-order chi connectivity index (χ0) is 28.4. The highest BCUT2D eigenvalue weighted by Crippen LogP contribution is 2.27. The lowest BCUT2D eigenvalue weighted by Gasteiger charge is -2.37. The summed E-state index contributed by atoms with van der Waals surface area (Å²) in [6.45, 7) is 3.38. The number of ether oxygens (including phenoxy) is 1. The van der Waals surface area contributed by atoms with E-state index < -0.39 is 10.0 Å². The Hall–Kier alpha value is -2.87. The fourth-order valence-corrected chi connectivity index (χ4v) is 7.07. The molecule has 41 heavy (non-hydrogen) atoms. The highest BCUT2D eigenvalue weighted by atomic mass is 35.5. The number of likely N-dealkylation sites (N-methyl/N-ethyl adjacent to an activating group) is 1. The molecule has 0 spiro atoms. The third kappa shape index (κ3) is 9.06. The lowest BCUT2D eigenvalue weighted by molar-refractivity contribution is 0.0663. The quantitative estimate of drug-likeness (QED) is 0.245. The second kappa shape index (κ2) is 15.9. The second-order valence-corrected chi connectivity index (χ2v) is 12.9. The van der Waals surface area contributed by atoms with Gasteiger partial charge in [-0.1, -0.05) is 54.5 Å². The molecule has 2 aromatic carbocycles. The van der Waals surface area contributed by atoms with Crippen LogP contribution in [0.25, 0.3) is 0 Å². The first kappa shape index (κ1) is 32.6. The molecule has 0 bridgehead atoms. The molecule has 1 aromatic heterocycles. The van der Waals surface area contributed by atoms with Crippen molar-refractivity contribution in [3.8, 4) is 12.3 Å². The summed E-state index contributed by atoms with van der Waals surface area (Å²) < 4.78 is 33.3. The molecule has 1 atom stereocenters. The summed E-state index contributed by atoms with van der Waals surface area (Å²) in [5.74, 6) is 2.69. The normalized spacial score (nSPS) is 15.0. The zero-order valence-electron chi connectivity index (χ0n) is 23.3. The molecule has 2 heterocycles. The van der Waals surface area contributed by atoms with E-state index in [0.29, 0.717) is 11.4 Å². The van der Waals surface area contributed by atoms with Crippen LogP contribution in [-0.4, -0.2) is 74.4 Å². The Balaban J connectivity index is 0.00000462. The van der Waals surface area contributed by atoms with E-state index in [2.05, 4.69) is 22.3 Å². The maximum Gasteiger partial charge on any atom is 0.411 e. The first-order valence-electron chi connectivity index (χ1n) is 13.5. The highest BCUT2D eigenvalue weighted by Gasteiger charge is 2.30. The number of terminal acetylenes is 1. The lowest BCUT2D eigenvalue weighted by atomic mass is 9.97. The van der Waals surface area contributed by atoms with Crippen molar-refractivity contribution in [2.45, 2.75) is 42.7 Å². The van der Waals surface area contributed by atoms with Gasteiger partial charge < -0.3 is 9.64 Å². The number of amides is 1. The van der Waals surface area contributed by atoms with Crippen LogP contribution < -0.4 is 0 Å². The number of sulfonamides is 1. The van der Waals surface area contributed by atoms with E-state index in [9.17, 15) is 13.2 Å². The third-order valence-electron chi connectivity index (χ3n) is 7.44. The van der Waals surface area contributed by atoms with E-state index in [0.717, 1.165) is 50.0 Å². The molecule has 0 unspecified atom stereocenters. The summed E-state index contributed by atoms with van der Waals surface area (Å²) in [7, 11) is -1.91. The number of likely N-dealkylation sites (tertiary alicyclic amines) is 1. The zero-order valence-corrected chi connectivity index (χ0v) is 25.8. The molecule has 1 fully saturated rings. The first-order valence-corrected chi connectivity index (χ1v) is 15.9. The van der Waals surface area contributed by atoms with Gasteiger partial charge in [0.05, 0.1) is 11.4 Å². The molecule has 0 aliphatic carbocycles. The number of rotatable bonds is 12. The molecule has 7 nitrogen and oxygen atoms in total. The molecular formula is C31H38ClN3O4S2. The van der Waals surface area contributed by atoms with Gasteiger partial charge in [-0.05, 0) is 71.8 Å². The van der Waals surface area contributed by atoms with Crippen LogP contribution in [0.2, 0.25) is 0 Å². The largest absolute Gasteiger partial charge is 0.445 e. The summed E-state index contributed by atoms with van der Waals surface area (Å²) in [6.07, 6.45) is 7.68. The second-order valence-electron chi connectivity index (χ2n) is 10.1. The Labute approximate surface area is 254 Å². The van der Waals surface area contributed by atoms with E-state index in [1.54, 1.807) is 47.5 Å². The smallest absolute Gasteiger partial charge is 0.411 e. The summed E-state index contributed by atoms with van der Waals surface area (Å²) >= 11 is 1.63. The van der Waals surface area contributed by atoms with Crippen molar-refractivity contribution in [1.82, 2.24) is 14.1 Å². The van der Waals surface area contributed by atoms with Gasteiger partial charge in [-0.3, -0.25) is 4.90 Å². The third-order valence-corrected chi connectivity index (χ3v) is 9.98. The summed E-state index contributed by atoms with van der Waals surface area (Å²) in [5, 5.41) is 4.15. The maximum absolute atomic E-state index is 13.1. The number of thiophene rings is 1. The Bertz CT molecular complexity index is 1340. The highest BCUT2D eigenvalue weighted by molar-refractivity contribution is 7.89. The summed E-state index contributed by atoms with van der Waals surface area (Å²) in [6, 6.07) is 20.3. The Morgan fingerprint density at radius 2 is 1.76 bits per heavy atom. The van der Waals surface area contributed by atoms with Crippen LogP contribution in [0, 0.1) is 12.3 Å². The van der Waals surface area contributed by atoms with Crippen molar-refractivity contribution in [2.75, 3.05) is 39.8 Å². The van der Waals surface area contributed by atoms with Crippen molar-refractivity contribution >= 4 is 39.9 Å². The molecule has 1 aliphatic rings. The fraction of sp³-hybridized carbons (Fsp3) is 0.387. The van der Waals surface area contributed by atoms with Gasteiger partial charge in [0.25, 0.3) is 0 Å². The van der Waals surface area contributed by atoms with Gasteiger partial charge in [-0.2, -0.15) is 11.3 Å². The minimum atomic E-state index is -3.56. The number of hydrogen-bond acceptors (Lipinski definition) is 6. The average Bonchev–Trinajstić information content (AvgIpc) is 3.53. The van der Waals surface area contributed by atoms with Crippen LogP contribution in [0.4, 0.5) is 4.79 Å². The molecule has 1 amide bonds. The van der Waals surface area contributed by atoms with Crippen molar-refractivity contribution in [3.63, 3.8) is 0 Å². The number of nitrogens with zero attached hydrogens (tertiary/aromatic N) is 3. The molecule has 0 radical (unpaired) electrons. The van der Waals surface area contributed by atoms with E-state index in [4.69, 9.17) is 11.2 Å². The fourth-order valence-electron chi connectivity index (χ4n) is 5.09. The maximum atomic E-state index is 13.1. The van der Waals surface area contributed by atoms with E-state index in [-0.39, 0.29) is 43.6 Å². The Morgan fingerprint density at radius 3 is 2.37 bits per heavy atom. The lowest BCUT2D eigenvalue weighted by Crippen LogP contribution is -2.48. The predicted molar refractivity (Wildman–Crippen MR) is 167 cm³/mol. The number of carbonyl (C=O) groups excluding carboxylic acids is 1. The van der Waals surface area contributed by atoms with Gasteiger partial charge in [0.1, 0.15) is 6.61 Å². The van der Waals surface area contributed by atoms with Gasteiger partial charge in [-0.15, -0.1) is 18.8 Å². The van der Waals surface area contributed by atoms with Crippen molar-refractivity contribution in [3.05, 3.63) is 88.6 Å². The standard InChI is InChI=1S/C31H37N3O4S2.ClH/c1-3-18-34(31(35)38-24-26-10-6-4-7-11-26)29-15-20-33(21-16-29)19-14-27(28-17-22-39-25-28)23-32(2)40(36,37)30-12-8-5-9-13-30;/h1,4-13,17,22,25,27,29H,14-16,18-21,23-24H2,2H3;1H/t27-;/m1./s1. The summed E-state index contributed by atoms with van der Waals surface area (Å²) in [5.41, 5.74) is 2.10. The molecule has 1 aliphatic heterocycles. The van der Waals surface area contributed by atoms with Crippen LogP contribution in [0.15, 0.2) is 82.4 Å². The molecule has 1 saturated heterocycles. The van der Waals surface area contributed by atoms with Crippen LogP contribution in [0.5, 0.6) is 0 Å². The number of hydrogen-bond donors (Lipinski definition) is 0. The van der Waals surface area contributed by atoms with Crippen LogP contribution in [-0.2, 0) is 21.4 Å². The van der Waals surface area contributed by atoms with E-state index in [1.807, 2.05) is 41.8 Å². The Kier molecular flexibility index (Phi) is 12.7. The van der Waals surface area contributed by atoms with Gasteiger partial charge in [0.2, 0.25) is 10.0 Å². The SMILES string of the molecule is C#CCN(C(=O)OCc1ccccc1)C1CCN(CC[C@H](CN(C)S(=O)(=O)c2ccccc2)c2ccsc2)CC1.Cl. The molecule has 3 aromatic rings. The number of carbonyl (C=O) groups is 1. The number of halogens is 1. The Morgan fingerprint density at radius 1 is 1.10 bits per heavy atom. The van der Waals surface area contributed by atoms with Crippen molar-refractivity contribution in [2.24, 2.45) is 0 Å². The van der Waals surface area contributed by atoms with Crippen LogP contribution in [0.1, 0.15) is 36.3 Å². The summed E-state index contributed by atoms with van der Waals surface area (Å²) in [4.78, 5) is 17.2. The minimum absolute atomic E-state index is 0. The van der Waals surface area contributed by atoms with Crippen LogP contribution >= 0.6 is 23.7 Å². The molecule has 0 N–H and O–H groups in total. The van der Waals surface area contributed by atoms with Crippen LogP contribution in [0.3, 0.4) is 0 Å². The van der Waals surface area contributed by atoms with E-state index in [1.165, 1.54) is 4.31 Å². The molecule has 10 heteroatoms. The van der Waals surface area contributed by atoms with Crippen molar-refractivity contribution < 1.29 is 17.9 Å². The van der Waals surface area contributed by atoms with E-state index >= 15 is 0 Å². The molecule has 4 rings (SSSR count). The monoisotopic (exact) mass is 615 g/mol. The van der Waals surface area contributed by atoms with Gasteiger partial charge in [0, 0.05) is 32.7 Å². The first-order chi connectivity index (χ1) is 19.4. The van der Waals surface area contributed by atoms with Gasteiger partial charge in [0.15, 0.2) is 0 Å². The number of piperidine rings is 1. The van der Waals surface area contributed by atoms with Gasteiger partial charge >= 0.3 is 6.09 Å². The predicted octanol–water partition coefficient (Wildman–Crippen LogP) is 5.70. The number of benzene rings is 2.